The molecule has 2 aromatic rings. The van der Waals surface area contributed by atoms with Gasteiger partial charge in [0.05, 0.1) is 11.3 Å². The van der Waals surface area contributed by atoms with E-state index in [1.54, 1.807) is 30.3 Å². The molecule has 2 amide bonds. The number of nitrogens with zero attached hydrogens (tertiary/aromatic N) is 1. The lowest BCUT2D eigenvalue weighted by molar-refractivity contribution is -0.137. The number of ether oxygens (including phenoxy) is 1. The van der Waals surface area contributed by atoms with Crippen LogP contribution in [0.4, 0.5) is 5.69 Å². The molecule has 0 bridgehead atoms. The molecule has 1 heterocycles. The molecule has 33 heavy (non-hydrogen) atoms. The van der Waals surface area contributed by atoms with Crippen LogP contribution in [0, 0.1) is 13.8 Å². The fourth-order valence-electron chi connectivity index (χ4n) is 3.14. The number of anilines is 1. The van der Waals surface area contributed by atoms with Crippen molar-refractivity contribution in [1.82, 2.24) is 4.90 Å². The van der Waals surface area contributed by atoms with Gasteiger partial charge in [-0.3, -0.25) is 19.3 Å². The number of aliphatic carboxylic acids is 1. The van der Waals surface area contributed by atoms with E-state index in [4.69, 9.17) is 22.1 Å². The summed E-state index contributed by atoms with van der Waals surface area (Å²) in [6.07, 6.45) is 1.52. The van der Waals surface area contributed by atoms with Crippen molar-refractivity contribution < 1.29 is 24.2 Å². The number of rotatable bonds is 8. The molecule has 0 aliphatic carbocycles. The van der Waals surface area contributed by atoms with Gasteiger partial charge < -0.3 is 15.2 Å². The summed E-state index contributed by atoms with van der Waals surface area (Å²) in [5, 5.41) is 11.7. The van der Waals surface area contributed by atoms with Gasteiger partial charge in [-0.25, -0.2) is 0 Å². The summed E-state index contributed by atoms with van der Waals surface area (Å²) in [5.74, 6) is -1.04. The molecule has 0 aromatic heterocycles. The topological polar surface area (TPSA) is 95.9 Å². The van der Waals surface area contributed by atoms with Crippen molar-refractivity contribution in [3.63, 3.8) is 0 Å². The second-order valence-corrected chi connectivity index (χ2v) is 9.89. The summed E-state index contributed by atoms with van der Waals surface area (Å²) in [6.45, 7) is 3.75. The van der Waals surface area contributed by atoms with Gasteiger partial charge in [0.25, 0.3) is 11.8 Å². The molecule has 1 saturated heterocycles. The van der Waals surface area contributed by atoms with Crippen molar-refractivity contribution in [3.8, 4) is 5.75 Å². The van der Waals surface area contributed by atoms with Gasteiger partial charge in [0, 0.05) is 16.7 Å². The van der Waals surface area contributed by atoms with Crippen molar-refractivity contribution in [1.29, 1.82) is 0 Å². The minimum Gasteiger partial charge on any atom is -0.484 e. The first-order valence-electron chi connectivity index (χ1n) is 9.90. The van der Waals surface area contributed by atoms with Crippen LogP contribution in [0.15, 0.2) is 45.8 Å². The molecular formula is C23H21BrN2O5S2. The van der Waals surface area contributed by atoms with Crippen LogP contribution in [0.5, 0.6) is 5.75 Å². The summed E-state index contributed by atoms with van der Waals surface area (Å²) in [6, 6.07) is 10.8. The first-order valence-corrected chi connectivity index (χ1v) is 11.9. The third-order valence-corrected chi connectivity index (χ3v) is 6.57. The molecule has 1 fully saturated rings. The van der Waals surface area contributed by atoms with Gasteiger partial charge >= 0.3 is 5.97 Å². The molecule has 3 rings (SSSR count). The SMILES string of the molecule is Cc1cc(Br)cc(C)c1NC(=O)COc1ccc(/C=C2\SC(=S)N(CCC(=O)O)C2=O)cc1. The predicted octanol–water partition coefficient (Wildman–Crippen LogP) is 4.76. The highest BCUT2D eigenvalue weighted by atomic mass is 79.9. The zero-order valence-electron chi connectivity index (χ0n) is 17.9. The maximum absolute atomic E-state index is 12.5. The van der Waals surface area contributed by atoms with E-state index in [9.17, 15) is 14.4 Å². The predicted molar refractivity (Wildman–Crippen MR) is 136 cm³/mol. The Bertz CT molecular complexity index is 1130. The normalized spacial score (nSPS) is 14.6. The first-order chi connectivity index (χ1) is 15.6. The molecule has 10 heteroatoms. The van der Waals surface area contributed by atoms with Gasteiger partial charge in [0.1, 0.15) is 10.1 Å². The number of halogens is 1. The number of thioether (sulfide) groups is 1. The number of carboxylic acids is 1. The molecule has 1 aliphatic heterocycles. The summed E-state index contributed by atoms with van der Waals surface area (Å²) in [7, 11) is 0. The van der Waals surface area contributed by atoms with Gasteiger partial charge in [0.2, 0.25) is 0 Å². The minimum atomic E-state index is -0.987. The average Bonchev–Trinajstić information content (AvgIpc) is 3.01. The number of aryl methyl sites for hydroxylation is 2. The number of carbonyl (C=O) groups is 3. The van der Waals surface area contributed by atoms with E-state index < -0.39 is 5.97 Å². The molecule has 0 radical (unpaired) electrons. The third kappa shape index (κ3) is 6.66. The Morgan fingerprint density at radius 1 is 1.21 bits per heavy atom. The van der Waals surface area contributed by atoms with E-state index in [0.717, 1.165) is 38.6 Å². The molecule has 0 unspecified atom stereocenters. The van der Waals surface area contributed by atoms with E-state index in [1.165, 1.54) is 4.90 Å². The quantitative estimate of drug-likeness (QED) is 0.362. The van der Waals surface area contributed by atoms with Crippen LogP contribution >= 0.6 is 39.9 Å². The van der Waals surface area contributed by atoms with Crippen molar-refractivity contribution in [2.75, 3.05) is 18.5 Å². The van der Waals surface area contributed by atoms with Crippen LogP contribution in [0.25, 0.3) is 6.08 Å². The zero-order chi connectivity index (χ0) is 24.1. The smallest absolute Gasteiger partial charge is 0.305 e. The molecule has 0 spiro atoms. The minimum absolute atomic E-state index is 0.0471. The second-order valence-electron chi connectivity index (χ2n) is 7.30. The van der Waals surface area contributed by atoms with Crippen molar-refractivity contribution in [3.05, 3.63) is 62.5 Å². The van der Waals surface area contributed by atoms with Crippen molar-refractivity contribution >= 4 is 73.8 Å². The average molecular weight is 549 g/mol. The Morgan fingerprint density at radius 2 is 1.85 bits per heavy atom. The Balaban J connectivity index is 1.57. The molecular weight excluding hydrogens is 528 g/mol. The summed E-state index contributed by atoms with van der Waals surface area (Å²) in [5.41, 5.74) is 3.43. The molecule has 1 aliphatic rings. The van der Waals surface area contributed by atoms with Crippen molar-refractivity contribution in [2.24, 2.45) is 0 Å². The van der Waals surface area contributed by atoms with Crippen LogP contribution in [0.1, 0.15) is 23.1 Å². The molecule has 172 valence electrons. The summed E-state index contributed by atoms with van der Waals surface area (Å²) >= 11 is 9.76. The second kappa shape index (κ2) is 11.0. The van der Waals surface area contributed by atoms with E-state index >= 15 is 0 Å². The van der Waals surface area contributed by atoms with Crippen LogP contribution < -0.4 is 10.1 Å². The highest BCUT2D eigenvalue weighted by molar-refractivity contribution is 9.10. The lowest BCUT2D eigenvalue weighted by Crippen LogP contribution is -2.30. The highest BCUT2D eigenvalue weighted by Crippen LogP contribution is 2.33. The Morgan fingerprint density at radius 3 is 2.45 bits per heavy atom. The summed E-state index contributed by atoms with van der Waals surface area (Å²) in [4.78, 5) is 37.3. The number of carboxylic acid groups (broad SMARTS) is 1. The lowest BCUT2D eigenvalue weighted by atomic mass is 10.1. The van der Waals surface area contributed by atoms with E-state index in [2.05, 4.69) is 21.2 Å². The van der Waals surface area contributed by atoms with Gasteiger partial charge in [0.15, 0.2) is 6.61 Å². The third-order valence-electron chi connectivity index (χ3n) is 4.73. The standard InChI is InChI=1S/C23H21BrN2O5S2/c1-13-9-16(24)10-14(2)21(13)25-19(27)12-31-17-5-3-15(4-6-17)11-18-22(30)26(23(32)33-18)8-7-20(28)29/h3-6,9-11H,7-8,12H2,1-2H3,(H,25,27)(H,28,29)/b18-11-. The lowest BCUT2D eigenvalue weighted by Gasteiger charge is -2.13. The number of carbonyl (C=O) groups excluding carboxylic acids is 2. The first kappa shape index (κ1) is 24.9. The number of hydrogen-bond donors (Lipinski definition) is 2. The summed E-state index contributed by atoms with van der Waals surface area (Å²) < 4.78 is 6.87. The van der Waals surface area contributed by atoms with Crippen molar-refractivity contribution in [2.45, 2.75) is 20.3 Å². The fraction of sp³-hybridized carbons (Fsp3) is 0.217. The highest BCUT2D eigenvalue weighted by Gasteiger charge is 2.32. The van der Waals surface area contributed by atoms with E-state index in [-0.39, 0.29) is 31.4 Å². The number of benzene rings is 2. The van der Waals surface area contributed by atoms with Gasteiger partial charge in [-0.1, -0.05) is 52.0 Å². The van der Waals surface area contributed by atoms with Gasteiger partial charge in [-0.15, -0.1) is 0 Å². The monoisotopic (exact) mass is 548 g/mol. The molecule has 0 atom stereocenters. The molecule has 2 N–H and O–H groups in total. The maximum atomic E-state index is 12.5. The van der Waals surface area contributed by atoms with Gasteiger partial charge in [-0.05, 0) is 60.9 Å². The van der Waals surface area contributed by atoms with Gasteiger partial charge in [-0.2, -0.15) is 0 Å². The Kier molecular flexibility index (Phi) is 8.28. The molecule has 7 nitrogen and oxygen atoms in total. The number of amides is 2. The van der Waals surface area contributed by atoms with Crippen LogP contribution in [-0.4, -0.2) is 45.3 Å². The Labute approximate surface area is 209 Å². The largest absolute Gasteiger partial charge is 0.484 e. The number of nitrogens with one attached hydrogen (secondary N) is 1. The van der Waals surface area contributed by atoms with E-state index in [0.29, 0.717) is 15.0 Å². The van der Waals surface area contributed by atoms with Crippen LogP contribution in [0.2, 0.25) is 0 Å². The van der Waals surface area contributed by atoms with Crippen LogP contribution in [-0.2, 0) is 14.4 Å². The van der Waals surface area contributed by atoms with E-state index in [1.807, 2.05) is 26.0 Å². The maximum Gasteiger partial charge on any atom is 0.305 e. The Hall–Kier alpha value is -2.69. The fourth-order valence-corrected chi connectivity index (χ4v) is 5.14. The molecule has 0 saturated carbocycles. The number of hydrogen-bond acceptors (Lipinski definition) is 6. The zero-order valence-corrected chi connectivity index (χ0v) is 21.1. The number of thiocarbonyl (C=S) groups is 1. The molecule has 2 aromatic carbocycles. The van der Waals surface area contributed by atoms with Crippen LogP contribution in [0.3, 0.4) is 0 Å².